The molecule has 1 saturated heterocycles. The molecular weight excluding hydrogens is 368 g/mol. The average molecular weight is 394 g/mol. The highest BCUT2D eigenvalue weighted by molar-refractivity contribution is 5.98. The number of rotatable bonds is 5. The van der Waals surface area contributed by atoms with Crippen molar-refractivity contribution in [1.29, 1.82) is 0 Å². The Balaban J connectivity index is 0.00000156. The molecule has 1 unspecified atom stereocenters. The van der Waals surface area contributed by atoms with Crippen LogP contribution in [0.1, 0.15) is 38.5 Å². The number of hydrogen-bond donors (Lipinski definition) is 3. The quantitative estimate of drug-likeness (QED) is 0.715. The van der Waals surface area contributed by atoms with E-state index in [0.717, 1.165) is 32.3 Å². The number of benzene rings is 1. The van der Waals surface area contributed by atoms with Gasteiger partial charge in [-0.05, 0) is 43.9 Å². The largest absolute Gasteiger partial charge is 0.380 e. The summed E-state index contributed by atoms with van der Waals surface area (Å²) in [6.07, 6.45) is 5.50. The number of halogens is 3. The molecule has 0 aromatic heterocycles. The van der Waals surface area contributed by atoms with Crippen molar-refractivity contribution in [1.82, 2.24) is 0 Å². The highest BCUT2D eigenvalue weighted by atomic mass is 35.5. The van der Waals surface area contributed by atoms with Crippen LogP contribution in [0.2, 0.25) is 0 Å². The van der Waals surface area contributed by atoms with Gasteiger partial charge in [0.25, 0.3) is 0 Å². The van der Waals surface area contributed by atoms with E-state index in [-0.39, 0.29) is 36.8 Å². The molecule has 142 valence electrons. The zero-order valence-electron chi connectivity index (χ0n) is 14.1. The van der Waals surface area contributed by atoms with Gasteiger partial charge in [-0.2, -0.15) is 0 Å². The Morgan fingerprint density at radius 3 is 2.60 bits per heavy atom. The van der Waals surface area contributed by atoms with Crippen molar-refractivity contribution >= 4 is 42.1 Å². The summed E-state index contributed by atoms with van der Waals surface area (Å²) >= 11 is 0. The molecule has 1 amide bonds. The van der Waals surface area contributed by atoms with E-state index in [2.05, 4.69) is 10.6 Å². The maximum absolute atomic E-state index is 14.2. The molecule has 2 aliphatic rings. The number of amides is 1. The molecule has 2 fully saturated rings. The third-order valence-corrected chi connectivity index (χ3v) is 4.72. The summed E-state index contributed by atoms with van der Waals surface area (Å²) in [4.78, 5) is 12.2. The standard InChI is InChI=1S/C17H24FN3O2.2ClH/c18-14-10-12(21-16(22)17(19)7-1-2-8-17)5-6-15(14)20-11-13-4-3-9-23-13;;/h5-6,10,13,20H,1-4,7-9,11,19H2,(H,21,22);2*1H. The highest BCUT2D eigenvalue weighted by Gasteiger charge is 2.37. The Morgan fingerprint density at radius 1 is 1.28 bits per heavy atom. The smallest absolute Gasteiger partial charge is 0.244 e. The van der Waals surface area contributed by atoms with Gasteiger partial charge in [0.15, 0.2) is 0 Å². The molecule has 5 nitrogen and oxygen atoms in total. The van der Waals surface area contributed by atoms with Crippen molar-refractivity contribution in [3.8, 4) is 0 Å². The fraction of sp³-hybridized carbons (Fsp3) is 0.588. The Morgan fingerprint density at radius 2 is 2.00 bits per heavy atom. The minimum atomic E-state index is -0.812. The molecule has 1 aromatic rings. The molecule has 1 aliphatic carbocycles. The Hall–Kier alpha value is -1.08. The van der Waals surface area contributed by atoms with Gasteiger partial charge in [0.2, 0.25) is 5.91 Å². The van der Waals surface area contributed by atoms with Crippen molar-refractivity contribution in [2.75, 3.05) is 23.8 Å². The van der Waals surface area contributed by atoms with Gasteiger partial charge in [0.1, 0.15) is 5.82 Å². The molecule has 1 aromatic carbocycles. The molecule has 1 aliphatic heterocycles. The molecular formula is C17H26Cl2FN3O2. The normalized spacial score (nSPS) is 21.1. The first kappa shape index (κ1) is 22.0. The van der Waals surface area contributed by atoms with Gasteiger partial charge in [0, 0.05) is 18.8 Å². The third-order valence-electron chi connectivity index (χ3n) is 4.72. The number of carbonyl (C=O) groups excluding carboxylic acids is 1. The summed E-state index contributed by atoms with van der Waals surface area (Å²) in [7, 11) is 0. The maximum atomic E-state index is 14.2. The zero-order valence-corrected chi connectivity index (χ0v) is 15.7. The second kappa shape index (κ2) is 9.57. The first-order valence-electron chi connectivity index (χ1n) is 8.32. The number of anilines is 2. The fourth-order valence-corrected chi connectivity index (χ4v) is 3.25. The molecule has 1 atom stereocenters. The van der Waals surface area contributed by atoms with E-state index in [0.29, 0.717) is 30.8 Å². The highest BCUT2D eigenvalue weighted by Crippen LogP contribution is 2.29. The first-order valence-corrected chi connectivity index (χ1v) is 8.32. The number of carbonyl (C=O) groups is 1. The molecule has 1 saturated carbocycles. The lowest BCUT2D eigenvalue weighted by molar-refractivity contribution is -0.121. The van der Waals surface area contributed by atoms with E-state index in [9.17, 15) is 9.18 Å². The lowest BCUT2D eigenvalue weighted by atomic mass is 9.98. The molecule has 0 bridgehead atoms. The average Bonchev–Trinajstić information content (AvgIpc) is 3.18. The summed E-state index contributed by atoms with van der Waals surface area (Å²) in [5.41, 5.74) is 6.15. The Kier molecular flexibility index (Phi) is 8.41. The molecule has 3 rings (SSSR count). The summed E-state index contributed by atoms with van der Waals surface area (Å²) in [5, 5.41) is 5.79. The van der Waals surface area contributed by atoms with Crippen molar-refractivity contribution < 1.29 is 13.9 Å². The van der Waals surface area contributed by atoms with E-state index < -0.39 is 11.4 Å². The van der Waals surface area contributed by atoms with Crippen LogP contribution in [0, 0.1) is 5.82 Å². The molecule has 25 heavy (non-hydrogen) atoms. The number of nitrogens with two attached hydrogens (primary N) is 1. The van der Waals surface area contributed by atoms with Gasteiger partial charge in [-0.25, -0.2) is 4.39 Å². The van der Waals surface area contributed by atoms with E-state index in [1.807, 2.05) is 0 Å². The minimum absolute atomic E-state index is 0. The van der Waals surface area contributed by atoms with Crippen LogP contribution in [-0.4, -0.2) is 30.7 Å². The first-order chi connectivity index (χ1) is 11.1. The molecule has 0 spiro atoms. The molecule has 1 heterocycles. The van der Waals surface area contributed by atoms with E-state index in [1.54, 1.807) is 12.1 Å². The number of hydrogen-bond acceptors (Lipinski definition) is 4. The predicted octanol–water partition coefficient (Wildman–Crippen LogP) is 3.47. The summed E-state index contributed by atoms with van der Waals surface area (Å²) in [6, 6.07) is 4.66. The summed E-state index contributed by atoms with van der Waals surface area (Å²) < 4.78 is 19.7. The van der Waals surface area contributed by atoms with Gasteiger partial charge in [0.05, 0.1) is 17.3 Å². The third kappa shape index (κ3) is 5.45. The van der Waals surface area contributed by atoms with Gasteiger partial charge in [-0.1, -0.05) is 12.8 Å². The molecule has 8 heteroatoms. The van der Waals surface area contributed by atoms with Crippen LogP contribution >= 0.6 is 24.8 Å². The van der Waals surface area contributed by atoms with Crippen LogP contribution in [0.15, 0.2) is 18.2 Å². The molecule has 0 radical (unpaired) electrons. The van der Waals surface area contributed by atoms with Crippen LogP contribution in [-0.2, 0) is 9.53 Å². The van der Waals surface area contributed by atoms with Crippen molar-refractivity contribution in [2.24, 2.45) is 5.73 Å². The SMILES string of the molecule is Cl.Cl.NC1(C(=O)Nc2ccc(NCC3CCCO3)c(F)c2)CCCC1. The zero-order chi connectivity index (χ0) is 16.3. The van der Waals surface area contributed by atoms with E-state index in [4.69, 9.17) is 10.5 Å². The van der Waals surface area contributed by atoms with Crippen molar-refractivity contribution in [2.45, 2.75) is 50.2 Å². The van der Waals surface area contributed by atoms with Crippen LogP contribution in [0.25, 0.3) is 0 Å². The second-order valence-electron chi connectivity index (χ2n) is 6.53. The van der Waals surface area contributed by atoms with Gasteiger partial charge >= 0.3 is 0 Å². The van der Waals surface area contributed by atoms with Gasteiger partial charge in [-0.3, -0.25) is 4.79 Å². The van der Waals surface area contributed by atoms with Crippen LogP contribution in [0.3, 0.4) is 0 Å². The maximum Gasteiger partial charge on any atom is 0.244 e. The van der Waals surface area contributed by atoms with Crippen LogP contribution in [0.5, 0.6) is 0 Å². The summed E-state index contributed by atoms with van der Waals surface area (Å²) in [6.45, 7) is 1.37. The topological polar surface area (TPSA) is 76.4 Å². The van der Waals surface area contributed by atoms with E-state index >= 15 is 0 Å². The van der Waals surface area contributed by atoms with Crippen LogP contribution < -0.4 is 16.4 Å². The minimum Gasteiger partial charge on any atom is -0.380 e. The monoisotopic (exact) mass is 393 g/mol. The Bertz CT molecular complexity index is 577. The molecule has 4 N–H and O–H groups in total. The Labute approximate surface area is 160 Å². The van der Waals surface area contributed by atoms with Crippen molar-refractivity contribution in [3.05, 3.63) is 24.0 Å². The predicted molar refractivity (Wildman–Crippen MR) is 102 cm³/mol. The summed E-state index contributed by atoms with van der Waals surface area (Å²) in [5.74, 6) is -0.618. The fourth-order valence-electron chi connectivity index (χ4n) is 3.25. The van der Waals surface area contributed by atoms with Gasteiger partial charge < -0.3 is 21.1 Å². The lowest BCUT2D eigenvalue weighted by Crippen LogP contribution is -2.48. The number of ether oxygens (including phenoxy) is 1. The second-order valence-corrected chi connectivity index (χ2v) is 6.53. The van der Waals surface area contributed by atoms with Crippen molar-refractivity contribution in [3.63, 3.8) is 0 Å². The number of nitrogens with one attached hydrogen (secondary N) is 2. The van der Waals surface area contributed by atoms with E-state index in [1.165, 1.54) is 6.07 Å². The van der Waals surface area contributed by atoms with Gasteiger partial charge in [-0.15, -0.1) is 24.8 Å². The lowest BCUT2D eigenvalue weighted by Gasteiger charge is -2.22. The van der Waals surface area contributed by atoms with Crippen LogP contribution in [0.4, 0.5) is 15.8 Å².